The van der Waals surface area contributed by atoms with Crippen LogP contribution in [0.1, 0.15) is 0 Å². The van der Waals surface area contributed by atoms with Crippen molar-refractivity contribution in [3.8, 4) is 0 Å². The molecule has 105 valence electrons. The summed E-state index contributed by atoms with van der Waals surface area (Å²) < 4.78 is 24.9. The van der Waals surface area contributed by atoms with E-state index in [1.165, 1.54) is 28.6 Å². The summed E-state index contributed by atoms with van der Waals surface area (Å²) >= 11 is -1.39. The molecule has 1 radical (unpaired) electrons. The molecule has 2 N–H and O–H groups in total. The number of hydrogen-bond acceptors (Lipinski definition) is 3. The summed E-state index contributed by atoms with van der Waals surface area (Å²) in [6, 6.07) is 15.3. The molecule has 0 saturated heterocycles. The Morgan fingerprint density at radius 1 is 1.15 bits per heavy atom. The fraction of sp³-hybridized carbons (Fsp3) is 0.0769. The van der Waals surface area contributed by atoms with Crippen molar-refractivity contribution < 1.29 is 18.9 Å². The highest BCUT2D eigenvalue weighted by Gasteiger charge is 2.21. The van der Waals surface area contributed by atoms with Crippen molar-refractivity contribution in [1.82, 2.24) is 0 Å². The van der Waals surface area contributed by atoms with Crippen molar-refractivity contribution >= 4 is 29.9 Å². The van der Waals surface area contributed by atoms with E-state index in [-0.39, 0.29) is 5.30 Å². The molecule has 0 amide bonds. The average Bonchev–Trinajstić information content (AvgIpc) is 2.46. The normalized spacial score (nSPS) is 13.0. The standard InChI is InChI=1S/C13H13NO4PS/c1-14(20(18)13-5-3-2-4-6-13)11-7-9-12(10-8-11)19(15,16)17/h3-10H,1H3,(H2,15,16,17). The average molecular weight is 310 g/mol. The lowest BCUT2D eigenvalue weighted by Gasteiger charge is -2.21. The maximum atomic E-state index is 12.3. The third kappa shape index (κ3) is 3.42. The number of nitrogens with zero attached hydrogens (tertiary/aromatic N) is 1. The second-order valence-electron chi connectivity index (χ2n) is 4.04. The number of benzene rings is 2. The lowest BCUT2D eigenvalue weighted by atomic mass is 10.3. The molecular weight excluding hydrogens is 297 g/mol. The SMILES string of the molecule is CN(c1ccc(P(=O)(O)O)cc1)[S+]([O-])c1cc[c]cc1. The van der Waals surface area contributed by atoms with Gasteiger partial charge in [0.25, 0.3) is 0 Å². The summed E-state index contributed by atoms with van der Waals surface area (Å²) in [6.45, 7) is 0. The molecule has 5 nitrogen and oxygen atoms in total. The van der Waals surface area contributed by atoms with Gasteiger partial charge >= 0.3 is 7.60 Å². The van der Waals surface area contributed by atoms with Crippen molar-refractivity contribution in [1.29, 1.82) is 0 Å². The summed E-state index contributed by atoms with van der Waals surface area (Å²) in [6.07, 6.45) is 0. The Morgan fingerprint density at radius 2 is 1.70 bits per heavy atom. The largest absolute Gasteiger partial charge is 0.588 e. The van der Waals surface area contributed by atoms with Gasteiger partial charge in [0.1, 0.15) is 11.4 Å². The molecule has 2 aromatic rings. The minimum atomic E-state index is -4.25. The van der Waals surface area contributed by atoms with Gasteiger partial charge in [-0.05, 0) is 54.6 Å². The smallest absolute Gasteiger partial charge is 0.356 e. The molecule has 0 aliphatic rings. The Hall–Kier alpha value is -1.30. The molecule has 2 aromatic carbocycles. The minimum absolute atomic E-state index is 0.0604. The van der Waals surface area contributed by atoms with Gasteiger partial charge in [-0.25, -0.2) is 0 Å². The van der Waals surface area contributed by atoms with E-state index in [1.807, 2.05) is 0 Å². The first-order valence-corrected chi connectivity index (χ1v) is 8.39. The van der Waals surface area contributed by atoms with E-state index in [0.29, 0.717) is 10.6 Å². The van der Waals surface area contributed by atoms with Gasteiger partial charge in [0.05, 0.1) is 18.0 Å². The molecule has 20 heavy (non-hydrogen) atoms. The highest BCUT2D eigenvalue weighted by Crippen LogP contribution is 2.33. The van der Waals surface area contributed by atoms with Crippen LogP contribution >= 0.6 is 7.60 Å². The van der Waals surface area contributed by atoms with Crippen LogP contribution in [0.15, 0.2) is 53.4 Å². The van der Waals surface area contributed by atoms with E-state index in [9.17, 15) is 9.12 Å². The highest BCUT2D eigenvalue weighted by molar-refractivity contribution is 7.92. The Kier molecular flexibility index (Phi) is 4.52. The van der Waals surface area contributed by atoms with Crippen LogP contribution < -0.4 is 9.61 Å². The molecule has 0 fully saturated rings. The Bertz CT molecular complexity index is 614. The van der Waals surface area contributed by atoms with Gasteiger partial charge < -0.3 is 14.3 Å². The van der Waals surface area contributed by atoms with Crippen LogP contribution in [0.4, 0.5) is 5.69 Å². The van der Waals surface area contributed by atoms with Crippen LogP contribution in [0.3, 0.4) is 0 Å². The number of rotatable bonds is 4. The third-order valence-corrected chi connectivity index (χ3v) is 5.04. The van der Waals surface area contributed by atoms with E-state index in [0.717, 1.165) is 0 Å². The van der Waals surface area contributed by atoms with Crippen molar-refractivity contribution in [3.05, 3.63) is 54.6 Å². The Labute approximate surface area is 120 Å². The Morgan fingerprint density at radius 3 is 2.20 bits per heavy atom. The number of hydrogen-bond donors (Lipinski definition) is 2. The summed E-state index contributed by atoms with van der Waals surface area (Å²) in [5.41, 5.74) is 0.605. The maximum Gasteiger partial charge on any atom is 0.356 e. The van der Waals surface area contributed by atoms with Crippen LogP contribution in [0.2, 0.25) is 0 Å². The third-order valence-electron chi connectivity index (χ3n) is 2.69. The van der Waals surface area contributed by atoms with Gasteiger partial charge in [0, 0.05) is 0 Å². The van der Waals surface area contributed by atoms with Gasteiger partial charge in [-0.15, -0.1) is 0 Å². The van der Waals surface area contributed by atoms with E-state index in [1.54, 1.807) is 31.3 Å². The summed E-state index contributed by atoms with van der Waals surface area (Å²) in [7, 11) is -2.60. The molecule has 0 aliphatic heterocycles. The van der Waals surface area contributed by atoms with Gasteiger partial charge in [-0.1, -0.05) is 0 Å². The highest BCUT2D eigenvalue weighted by atomic mass is 32.2. The zero-order valence-electron chi connectivity index (χ0n) is 10.6. The zero-order valence-corrected chi connectivity index (χ0v) is 12.3. The second kappa shape index (κ2) is 5.99. The molecule has 0 heterocycles. The van der Waals surface area contributed by atoms with Crippen LogP contribution in [-0.4, -0.2) is 21.4 Å². The first-order valence-electron chi connectivity index (χ1n) is 5.67. The molecule has 1 unspecified atom stereocenters. The van der Waals surface area contributed by atoms with Crippen molar-refractivity contribution in [2.75, 3.05) is 11.4 Å². The lowest BCUT2D eigenvalue weighted by molar-refractivity contribution is 0.387. The monoisotopic (exact) mass is 310 g/mol. The van der Waals surface area contributed by atoms with Gasteiger partial charge in [-0.2, -0.15) is 4.31 Å². The van der Waals surface area contributed by atoms with Crippen LogP contribution in [-0.2, 0) is 15.9 Å². The first-order chi connectivity index (χ1) is 9.39. The van der Waals surface area contributed by atoms with Crippen LogP contribution in [0.25, 0.3) is 0 Å². The fourth-order valence-electron chi connectivity index (χ4n) is 1.60. The molecular formula is C13H13NO4PS. The topological polar surface area (TPSA) is 83.8 Å². The van der Waals surface area contributed by atoms with Gasteiger partial charge in [0.15, 0.2) is 4.90 Å². The predicted molar refractivity (Wildman–Crippen MR) is 78.2 cm³/mol. The van der Waals surface area contributed by atoms with Crippen molar-refractivity contribution in [2.45, 2.75) is 4.90 Å². The van der Waals surface area contributed by atoms with Crippen molar-refractivity contribution in [3.63, 3.8) is 0 Å². The molecule has 0 spiro atoms. The maximum absolute atomic E-state index is 12.3. The lowest BCUT2D eigenvalue weighted by Crippen LogP contribution is -2.26. The van der Waals surface area contributed by atoms with Crippen LogP contribution in [0, 0.1) is 6.07 Å². The molecule has 7 heteroatoms. The molecule has 1 atom stereocenters. The van der Waals surface area contributed by atoms with E-state index >= 15 is 0 Å². The molecule has 0 saturated carbocycles. The summed E-state index contributed by atoms with van der Waals surface area (Å²) in [5, 5.41) is -0.0604. The second-order valence-corrected chi connectivity index (χ2v) is 7.16. The minimum Gasteiger partial charge on any atom is -0.588 e. The Balaban J connectivity index is 2.21. The van der Waals surface area contributed by atoms with Crippen LogP contribution in [0.5, 0.6) is 0 Å². The molecule has 0 aliphatic carbocycles. The van der Waals surface area contributed by atoms with Crippen molar-refractivity contribution in [2.24, 2.45) is 0 Å². The summed E-state index contributed by atoms with van der Waals surface area (Å²) in [4.78, 5) is 18.7. The van der Waals surface area contributed by atoms with E-state index in [2.05, 4.69) is 6.07 Å². The van der Waals surface area contributed by atoms with E-state index < -0.39 is 19.0 Å². The fourth-order valence-corrected chi connectivity index (χ4v) is 3.13. The first kappa shape index (κ1) is 15.1. The summed E-state index contributed by atoms with van der Waals surface area (Å²) in [5.74, 6) is 0. The molecule has 2 rings (SSSR count). The molecule has 0 aromatic heterocycles. The predicted octanol–water partition coefficient (Wildman–Crippen LogP) is 1.45. The number of anilines is 1. The zero-order chi connectivity index (χ0) is 14.8. The quantitative estimate of drug-likeness (QED) is 0.659. The molecule has 0 bridgehead atoms. The van der Waals surface area contributed by atoms with Gasteiger partial charge in [0.2, 0.25) is 0 Å². The van der Waals surface area contributed by atoms with E-state index in [4.69, 9.17) is 9.79 Å². The van der Waals surface area contributed by atoms with Gasteiger partial charge in [-0.3, -0.25) is 4.57 Å².